The van der Waals surface area contributed by atoms with E-state index in [-0.39, 0.29) is 6.42 Å². The van der Waals surface area contributed by atoms with E-state index in [4.69, 9.17) is 14.6 Å². The van der Waals surface area contributed by atoms with Crippen molar-refractivity contribution in [1.82, 2.24) is 9.78 Å². The van der Waals surface area contributed by atoms with Gasteiger partial charge in [-0.2, -0.15) is 5.10 Å². The predicted molar refractivity (Wildman–Crippen MR) is 112 cm³/mol. The van der Waals surface area contributed by atoms with Crippen LogP contribution in [0.4, 0.5) is 0 Å². The number of aryl methyl sites for hydroxylation is 2. The molecule has 0 aliphatic rings. The standard InChI is InChI=1S/C23H26N2O4/c1-5-9-28-20-10-17(12-22(26)27)11-21(14-20)29-19-8-6-7-18(13-19)23-15(2)24-25(4)16(23)3/h6-8,10-11,13-14H,5,9,12H2,1-4H3,(H,26,27). The largest absolute Gasteiger partial charge is 0.493 e. The van der Waals surface area contributed by atoms with Crippen LogP contribution in [-0.2, 0) is 18.3 Å². The summed E-state index contributed by atoms with van der Waals surface area (Å²) in [6, 6.07) is 13.1. The second kappa shape index (κ2) is 8.82. The highest BCUT2D eigenvalue weighted by Gasteiger charge is 2.13. The van der Waals surface area contributed by atoms with Gasteiger partial charge in [-0.15, -0.1) is 0 Å². The quantitative estimate of drug-likeness (QED) is 0.587. The third-order valence-corrected chi connectivity index (χ3v) is 4.64. The van der Waals surface area contributed by atoms with Crippen LogP contribution in [-0.4, -0.2) is 27.5 Å². The van der Waals surface area contributed by atoms with E-state index in [9.17, 15) is 4.79 Å². The molecule has 0 spiro atoms. The molecule has 0 fully saturated rings. The first-order chi connectivity index (χ1) is 13.9. The van der Waals surface area contributed by atoms with Crippen molar-refractivity contribution in [2.24, 2.45) is 7.05 Å². The van der Waals surface area contributed by atoms with Gasteiger partial charge in [0.05, 0.1) is 18.7 Å². The van der Waals surface area contributed by atoms with E-state index in [0.717, 1.165) is 28.9 Å². The van der Waals surface area contributed by atoms with Crippen molar-refractivity contribution in [3.63, 3.8) is 0 Å². The first-order valence-corrected chi connectivity index (χ1v) is 9.64. The molecular formula is C23H26N2O4. The molecule has 1 N–H and O–H groups in total. The zero-order chi connectivity index (χ0) is 21.0. The zero-order valence-electron chi connectivity index (χ0n) is 17.2. The maximum Gasteiger partial charge on any atom is 0.307 e. The molecule has 0 amide bonds. The first-order valence-electron chi connectivity index (χ1n) is 9.64. The third-order valence-electron chi connectivity index (χ3n) is 4.64. The first kappa shape index (κ1) is 20.5. The number of hydrogen-bond donors (Lipinski definition) is 1. The average molecular weight is 394 g/mol. The van der Waals surface area contributed by atoms with Crippen LogP contribution < -0.4 is 9.47 Å². The normalized spacial score (nSPS) is 10.8. The molecule has 2 aromatic carbocycles. The van der Waals surface area contributed by atoms with Crippen LogP contribution in [0.2, 0.25) is 0 Å². The summed E-state index contributed by atoms with van der Waals surface area (Å²) >= 11 is 0. The number of aromatic nitrogens is 2. The zero-order valence-corrected chi connectivity index (χ0v) is 17.2. The Kier molecular flexibility index (Phi) is 6.22. The van der Waals surface area contributed by atoms with Gasteiger partial charge in [-0.1, -0.05) is 19.1 Å². The van der Waals surface area contributed by atoms with Gasteiger partial charge in [0.15, 0.2) is 0 Å². The highest BCUT2D eigenvalue weighted by Crippen LogP contribution is 2.32. The molecule has 0 aliphatic carbocycles. The van der Waals surface area contributed by atoms with Crippen molar-refractivity contribution in [3.8, 4) is 28.4 Å². The van der Waals surface area contributed by atoms with Crippen LogP contribution in [0.25, 0.3) is 11.1 Å². The number of carbonyl (C=O) groups is 1. The lowest BCUT2D eigenvalue weighted by atomic mass is 10.0. The maximum atomic E-state index is 11.1. The number of aliphatic carboxylic acids is 1. The lowest BCUT2D eigenvalue weighted by Crippen LogP contribution is -2.02. The molecule has 0 bridgehead atoms. The third kappa shape index (κ3) is 4.96. The molecule has 0 saturated heterocycles. The smallest absolute Gasteiger partial charge is 0.307 e. The monoisotopic (exact) mass is 394 g/mol. The molecule has 0 aliphatic heterocycles. The van der Waals surface area contributed by atoms with Crippen LogP contribution >= 0.6 is 0 Å². The Labute approximate surface area is 170 Å². The van der Waals surface area contributed by atoms with E-state index in [1.165, 1.54) is 0 Å². The minimum Gasteiger partial charge on any atom is -0.493 e. The van der Waals surface area contributed by atoms with Crippen molar-refractivity contribution >= 4 is 5.97 Å². The lowest BCUT2D eigenvalue weighted by molar-refractivity contribution is -0.136. The SMILES string of the molecule is CCCOc1cc(CC(=O)O)cc(Oc2cccc(-c3c(C)nn(C)c3C)c2)c1. The Bertz CT molecular complexity index is 1020. The molecule has 0 radical (unpaired) electrons. The number of rotatable bonds is 8. The van der Waals surface area contributed by atoms with Gasteiger partial charge in [0.1, 0.15) is 17.2 Å². The van der Waals surface area contributed by atoms with Gasteiger partial charge < -0.3 is 14.6 Å². The molecule has 3 rings (SSSR count). The molecule has 6 heteroatoms. The summed E-state index contributed by atoms with van der Waals surface area (Å²) in [5.74, 6) is 0.925. The summed E-state index contributed by atoms with van der Waals surface area (Å²) in [7, 11) is 1.93. The fourth-order valence-electron chi connectivity index (χ4n) is 3.31. The van der Waals surface area contributed by atoms with Gasteiger partial charge in [0.2, 0.25) is 0 Å². The highest BCUT2D eigenvalue weighted by atomic mass is 16.5. The van der Waals surface area contributed by atoms with Gasteiger partial charge >= 0.3 is 5.97 Å². The van der Waals surface area contributed by atoms with Gasteiger partial charge in [-0.05, 0) is 55.7 Å². The van der Waals surface area contributed by atoms with Crippen molar-refractivity contribution in [3.05, 3.63) is 59.4 Å². The number of ether oxygens (including phenoxy) is 2. The van der Waals surface area contributed by atoms with E-state index in [2.05, 4.69) is 5.10 Å². The molecule has 3 aromatic rings. The molecule has 0 atom stereocenters. The number of benzene rings is 2. The van der Waals surface area contributed by atoms with E-state index in [1.54, 1.807) is 18.2 Å². The molecule has 29 heavy (non-hydrogen) atoms. The summed E-state index contributed by atoms with van der Waals surface area (Å²) in [6.07, 6.45) is 0.777. The molecular weight excluding hydrogens is 368 g/mol. The summed E-state index contributed by atoms with van der Waals surface area (Å²) in [4.78, 5) is 11.1. The lowest BCUT2D eigenvalue weighted by Gasteiger charge is -2.12. The number of carboxylic acids is 1. The summed E-state index contributed by atoms with van der Waals surface area (Å²) < 4.78 is 13.6. The van der Waals surface area contributed by atoms with Gasteiger partial charge in [-0.25, -0.2) is 0 Å². The topological polar surface area (TPSA) is 73.6 Å². The van der Waals surface area contributed by atoms with Gasteiger partial charge in [-0.3, -0.25) is 9.48 Å². The second-order valence-electron chi connectivity index (χ2n) is 7.03. The summed E-state index contributed by atoms with van der Waals surface area (Å²) in [5, 5.41) is 13.6. The Morgan fingerprint density at radius 2 is 1.86 bits per heavy atom. The van der Waals surface area contributed by atoms with E-state index in [0.29, 0.717) is 29.4 Å². The molecule has 1 heterocycles. The molecule has 6 nitrogen and oxygen atoms in total. The van der Waals surface area contributed by atoms with E-state index in [1.807, 2.05) is 56.8 Å². The van der Waals surface area contributed by atoms with Crippen LogP contribution in [0.1, 0.15) is 30.3 Å². The minimum absolute atomic E-state index is 0.0895. The Morgan fingerprint density at radius 3 is 2.52 bits per heavy atom. The van der Waals surface area contributed by atoms with Crippen LogP contribution in [0.5, 0.6) is 17.2 Å². The fraction of sp³-hybridized carbons (Fsp3) is 0.304. The Hall–Kier alpha value is -3.28. The highest BCUT2D eigenvalue weighted by molar-refractivity contribution is 5.71. The number of carboxylic acid groups (broad SMARTS) is 1. The molecule has 0 unspecified atom stereocenters. The van der Waals surface area contributed by atoms with Crippen LogP contribution in [0.15, 0.2) is 42.5 Å². The Balaban J connectivity index is 1.92. The number of hydrogen-bond acceptors (Lipinski definition) is 4. The molecule has 1 aromatic heterocycles. The van der Waals surface area contributed by atoms with Crippen molar-refractivity contribution < 1.29 is 19.4 Å². The molecule has 152 valence electrons. The molecule has 0 saturated carbocycles. The van der Waals surface area contributed by atoms with Gasteiger partial charge in [0.25, 0.3) is 0 Å². The fourth-order valence-corrected chi connectivity index (χ4v) is 3.31. The maximum absolute atomic E-state index is 11.1. The predicted octanol–water partition coefficient (Wildman–Crippen LogP) is 4.91. The van der Waals surface area contributed by atoms with E-state index < -0.39 is 5.97 Å². The second-order valence-corrected chi connectivity index (χ2v) is 7.03. The Morgan fingerprint density at radius 1 is 1.10 bits per heavy atom. The minimum atomic E-state index is -0.895. The van der Waals surface area contributed by atoms with Crippen molar-refractivity contribution in [2.75, 3.05) is 6.61 Å². The van der Waals surface area contributed by atoms with Crippen molar-refractivity contribution in [2.45, 2.75) is 33.6 Å². The van der Waals surface area contributed by atoms with E-state index >= 15 is 0 Å². The number of nitrogens with zero attached hydrogens (tertiary/aromatic N) is 2. The van der Waals surface area contributed by atoms with Gasteiger partial charge in [0, 0.05) is 24.4 Å². The average Bonchev–Trinajstić information content (AvgIpc) is 2.91. The van der Waals surface area contributed by atoms with Crippen LogP contribution in [0.3, 0.4) is 0 Å². The van der Waals surface area contributed by atoms with Crippen LogP contribution in [0, 0.1) is 13.8 Å². The summed E-state index contributed by atoms with van der Waals surface area (Å²) in [5.41, 5.74) is 4.79. The van der Waals surface area contributed by atoms with Crippen molar-refractivity contribution in [1.29, 1.82) is 0 Å². The summed E-state index contributed by atoms with van der Waals surface area (Å²) in [6.45, 7) is 6.61.